The maximum atomic E-state index is 13.0. The van der Waals surface area contributed by atoms with Crippen molar-refractivity contribution in [3.05, 3.63) is 90.8 Å². The molecule has 1 amide bonds. The summed E-state index contributed by atoms with van der Waals surface area (Å²) >= 11 is 2.98. The number of amides is 1. The molecule has 0 saturated heterocycles. The van der Waals surface area contributed by atoms with E-state index < -0.39 is 15.3 Å². The topological polar surface area (TPSA) is 97.2 Å². The highest BCUT2D eigenvalue weighted by atomic mass is 32.2. The summed E-state index contributed by atoms with van der Waals surface area (Å²) in [7, 11) is -0.582. The Kier molecular flexibility index (Phi) is 8.70. The molecule has 0 saturated carbocycles. The number of carbonyl (C=O) groups is 1. The van der Waals surface area contributed by atoms with Crippen LogP contribution in [0.25, 0.3) is 5.69 Å². The molecule has 1 aromatic heterocycles. The van der Waals surface area contributed by atoms with Gasteiger partial charge in [-0.25, -0.2) is 12.7 Å². The zero-order valence-corrected chi connectivity index (χ0v) is 23.1. The maximum Gasteiger partial charge on any atom is 0.242 e. The molecule has 11 heteroatoms. The lowest BCUT2D eigenvalue weighted by Crippen LogP contribution is -2.23. The van der Waals surface area contributed by atoms with Crippen LogP contribution in [0.1, 0.15) is 12.7 Å². The van der Waals surface area contributed by atoms with Gasteiger partial charge in [0.05, 0.1) is 15.9 Å². The van der Waals surface area contributed by atoms with Gasteiger partial charge in [-0.2, -0.15) is 0 Å². The highest BCUT2D eigenvalue weighted by molar-refractivity contribution is 8.00. The van der Waals surface area contributed by atoms with Crippen molar-refractivity contribution in [1.82, 2.24) is 19.1 Å². The smallest absolute Gasteiger partial charge is 0.242 e. The van der Waals surface area contributed by atoms with E-state index in [0.717, 1.165) is 20.7 Å². The third kappa shape index (κ3) is 6.61. The summed E-state index contributed by atoms with van der Waals surface area (Å²) in [6.07, 6.45) is 0. The Hall–Kier alpha value is -3.12. The van der Waals surface area contributed by atoms with Crippen molar-refractivity contribution < 1.29 is 13.2 Å². The molecule has 3 aromatic carbocycles. The molecule has 0 aliphatic carbocycles. The van der Waals surface area contributed by atoms with Crippen molar-refractivity contribution in [3.8, 4) is 5.69 Å². The molecule has 0 aliphatic heterocycles. The van der Waals surface area contributed by atoms with Gasteiger partial charge in [-0.1, -0.05) is 48.2 Å². The lowest BCUT2D eigenvalue weighted by Gasteiger charge is -2.15. The van der Waals surface area contributed by atoms with Gasteiger partial charge < -0.3 is 5.32 Å². The minimum absolute atomic E-state index is 0.162. The Bertz CT molecular complexity index is 1440. The molecule has 1 heterocycles. The predicted molar refractivity (Wildman–Crippen MR) is 149 cm³/mol. The average molecular weight is 554 g/mol. The number of benzene rings is 3. The number of thioether (sulfide) groups is 2. The Labute approximate surface area is 225 Å². The minimum atomic E-state index is -3.53. The van der Waals surface area contributed by atoms with Crippen LogP contribution in [0, 0.1) is 0 Å². The van der Waals surface area contributed by atoms with Gasteiger partial charge in [0, 0.05) is 30.4 Å². The van der Waals surface area contributed by atoms with Gasteiger partial charge in [0.2, 0.25) is 15.9 Å². The fraction of sp³-hybridized carbons (Fsp3) is 0.192. The summed E-state index contributed by atoms with van der Waals surface area (Å²) in [5, 5.41) is 11.8. The third-order valence-electron chi connectivity index (χ3n) is 5.38. The molecular formula is C26H27N5O3S3. The molecule has 1 N–H and O–H groups in total. The monoisotopic (exact) mass is 553 g/mol. The number of hydrogen-bond donors (Lipinski definition) is 1. The summed E-state index contributed by atoms with van der Waals surface area (Å²) in [6.45, 7) is 1.80. The lowest BCUT2D eigenvalue weighted by atomic mass is 10.3. The normalized spacial score (nSPS) is 12.4. The first-order valence-electron chi connectivity index (χ1n) is 11.4. The Balaban J connectivity index is 1.49. The van der Waals surface area contributed by atoms with E-state index in [4.69, 9.17) is 0 Å². The molecule has 37 heavy (non-hydrogen) atoms. The molecule has 4 aromatic rings. The first-order valence-corrected chi connectivity index (χ1v) is 14.7. The number of para-hydroxylation sites is 1. The molecule has 4 rings (SSSR count). The average Bonchev–Trinajstić information content (AvgIpc) is 3.31. The van der Waals surface area contributed by atoms with Crippen LogP contribution in [0.2, 0.25) is 0 Å². The summed E-state index contributed by atoms with van der Waals surface area (Å²) in [6, 6.07) is 26.0. The lowest BCUT2D eigenvalue weighted by molar-refractivity contribution is -0.115. The molecule has 0 aliphatic rings. The highest BCUT2D eigenvalue weighted by Crippen LogP contribution is 2.29. The van der Waals surface area contributed by atoms with Crippen molar-refractivity contribution in [2.45, 2.75) is 32.9 Å². The second kappa shape index (κ2) is 12.0. The highest BCUT2D eigenvalue weighted by Gasteiger charge is 2.22. The zero-order valence-electron chi connectivity index (χ0n) is 20.6. The number of aromatic nitrogens is 3. The van der Waals surface area contributed by atoms with Crippen LogP contribution < -0.4 is 5.32 Å². The SMILES string of the molecule is CC(Sc1nnc(CSc2ccccc2)n1-c1ccccc1)C(=O)Nc1ccc(S(=O)(=O)N(C)C)cc1. The van der Waals surface area contributed by atoms with Crippen LogP contribution in [0.15, 0.2) is 99.9 Å². The second-order valence-corrected chi connectivity index (χ2v) is 12.7. The second-order valence-electron chi connectivity index (χ2n) is 8.23. The fourth-order valence-corrected chi connectivity index (χ4v) is 5.97. The van der Waals surface area contributed by atoms with E-state index in [9.17, 15) is 13.2 Å². The number of hydrogen-bond acceptors (Lipinski definition) is 7. The summed E-state index contributed by atoms with van der Waals surface area (Å²) < 4.78 is 27.7. The number of anilines is 1. The van der Waals surface area contributed by atoms with Crippen molar-refractivity contribution in [1.29, 1.82) is 0 Å². The molecule has 1 unspecified atom stereocenters. The maximum absolute atomic E-state index is 13.0. The summed E-state index contributed by atoms with van der Waals surface area (Å²) in [4.78, 5) is 14.2. The van der Waals surface area contributed by atoms with Crippen molar-refractivity contribution in [3.63, 3.8) is 0 Å². The van der Waals surface area contributed by atoms with Gasteiger partial charge in [0.1, 0.15) is 5.82 Å². The Morgan fingerprint density at radius 2 is 1.57 bits per heavy atom. The molecule has 1 atom stereocenters. The Morgan fingerprint density at radius 1 is 0.946 bits per heavy atom. The van der Waals surface area contributed by atoms with E-state index in [2.05, 4.69) is 27.6 Å². The van der Waals surface area contributed by atoms with Gasteiger partial charge in [-0.15, -0.1) is 22.0 Å². The first-order chi connectivity index (χ1) is 17.8. The summed E-state index contributed by atoms with van der Waals surface area (Å²) in [5.41, 5.74) is 1.43. The standard InChI is InChI=1S/C26H27N5O3S3/c1-19(25(32)27-20-14-16-23(17-15-20)37(33,34)30(2)3)36-26-29-28-24(18-35-22-12-8-5-9-13-22)31(26)21-10-6-4-7-11-21/h4-17,19H,18H2,1-3H3,(H,27,32). The van der Waals surface area contributed by atoms with Crippen LogP contribution in [0.4, 0.5) is 5.69 Å². The quantitative estimate of drug-likeness (QED) is 0.278. The Morgan fingerprint density at radius 3 is 2.19 bits per heavy atom. The summed E-state index contributed by atoms with van der Waals surface area (Å²) in [5.74, 6) is 1.18. The zero-order chi connectivity index (χ0) is 26.4. The molecule has 192 valence electrons. The van der Waals surface area contributed by atoms with Gasteiger partial charge in [-0.3, -0.25) is 9.36 Å². The molecule has 0 fully saturated rings. The number of rotatable bonds is 10. The number of sulfonamides is 1. The van der Waals surface area contributed by atoms with Crippen LogP contribution >= 0.6 is 23.5 Å². The van der Waals surface area contributed by atoms with Crippen molar-refractivity contribution >= 4 is 45.1 Å². The largest absolute Gasteiger partial charge is 0.325 e. The van der Waals surface area contributed by atoms with E-state index in [0.29, 0.717) is 16.6 Å². The molecule has 0 bridgehead atoms. The fourth-order valence-electron chi connectivity index (χ4n) is 3.35. The number of nitrogens with zero attached hydrogens (tertiary/aromatic N) is 4. The number of carbonyl (C=O) groups excluding carboxylic acids is 1. The van der Waals surface area contributed by atoms with Crippen molar-refractivity contribution in [2.24, 2.45) is 0 Å². The third-order valence-corrected chi connectivity index (χ3v) is 9.26. The van der Waals surface area contributed by atoms with Gasteiger partial charge in [0.15, 0.2) is 5.16 Å². The van der Waals surface area contributed by atoms with Crippen LogP contribution in [-0.4, -0.2) is 52.7 Å². The minimum Gasteiger partial charge on any atom is -0.325 e. The molecule has 0 spiro atoms. The van der Waals surface area contributed by atoms with Crippen LogP contribution in [0.5, 0.6) is 0 Å². The van der Waals surface area contributed by atoms with E-state index in [1.807, 2.05) is 53.1 Å². The molecule has 0 radical (unpaired) electrons. The molecule has 8 nitrogen and oxygen atoms in total. The van der Waals surface area contributed by atoms with E-state index in [-0.39, 0.29) is 10.8 Å². The van der Waals surface area contributed by atoms with E-state index in [1.165, 1.54) is 38.0 Å². The van der Waals surface area contributed by atoms with Crippen molar-refractivity contribution in [2.75, 3.05) is 19.4 Å². The van der Waals surface area contributed by atoms with Gasteiger partial charge in [-0.05, 0) is 55.5 Å². The number of nitrogens with one attached hydrogen (secondary N) is 1. The van der Waals surface area contributed by atoms with E-state index >= 15 is 0 Å². The van der Waals surface area contributed by atoms with E-state index in [1.54, 1.807) is 30.8 Å². The van der Waals surface area contributed by atoms with Gasteiger partial charge in [0.25, 0.3) is 0 Å². The predicted octanol–water partition coefficient (Wildman–Crippen LogP) is 4.93. The molecular weight excluding hydrogens is 527 g/mol. The van der Waals surface area contributed by atoms with Crippen LogP contribution in [-0.2, 0) is 20.6 Å². The van der Waals surface area contributed by atoms with Crippen LogP contribution in [0.3, 0.4) is 0 Å². The van der Waals surface area contributed by atoms with Gasteiger partial charge >= 0.3 is 0 Å². The first kappa shape index (κ1) is 26.9.